The number of ether oxygens (including phenoxy) is 1. The zero-order chi connectivity index (χ0) is 17.1. The van der Waals surface area contributed by atoms with Crippen LogP contribution in [0.5, 0.6) is 5.75 Å². The number of halogens is 1. The lowest BCUT2D eigenvalue weighted by atomic mass is 10.2. The molecule has 2 aromatic heterocycles. The zero-order valence-corrected chi connectivity index (χ0v) is 16.4. The molecule has 0 unspecified atom stereocenters. The predicted octanol–water partition coefficient (Wildman–Crippen LogP) is 4.79. The van der Waals surface area contributed by atoms with Crippen molar-refractivity contribution in [2.24, 2.45) is 0 Å². The molecule has 0 radical (unpaired) electrons. The maximum atomic E-state index is 5.62. The summed E-state index contributed by atoms with van der Waals surface area (Å²) in [6, 6.07) is 11.7. The van der Waals surface area contributed by atoms with Gasteiger partial charge in [-0.25, -0.2) is 4.68 Å². The largest absolute Gasteiger partial charge is 0.497 e. The third kappa shape index (κ3) is 4.13. The van der Waals surface area contributed by atoms with Gasteiger partial charge in [0, 0.05) is 17.0 Å². The highest BCUT2D eigenvalue weighted by molar-refractivity contribution is 9.11. The minimum Gasteiger partial charge on any atom is -0.497 e. The van der Waals surface area contributed by atoms with E-state index in [1.165, 1.54) is 4.88 Å². The van der Waals surface area contributed by atoms with Crippen LogP contribution in [0, 0.1) is 4.84 Å². The Labute approximate surface area is 157 Å². The highest BCUT2D eigenvalue weighted by atomic mass is 79.9. The molecule has 0 N–H and O–H groups in total. The number of rotatable bonds is 6. The molecule has 0 aliphatic carbocycles. The molecule has 0 saturated heterocycles. The van der Waals surface area contributed by atoms with E-state index in [2.05, 4.69) is 38.1 Å². The fourth-order valence-corrected chi connectivity index (χ4v) is 3.97. The van der Waals surface area contributed by atoms with Crippen LogP contribution in [0.3, 0.4) is 0 Å². The van der Waals surface area contributed by atoms with E-state index in [0.29, 0.717) is 17.4 Å². The summed E-state index contributed by atoms with van der Waals surface area (Å²) in [5, 5.41) is 4.48. The second-order valence-corrected chi connectivity index (χ2v) is 8.16. The summed E-state index contributed by atoms with van der Waals surface area (Å²) >= 11 is 10.5. The highest BCUT2D eigenvalue weighted by Crippen LogP contribution is 2.24. The molecule has 24 heavy (non-hydrogen) atoms. The molecule has 0 saturated carbocycles. The number of methoxy groups -OCH3 is 1. The molecule has 0 fully saturated rings. The van der Waals surface area contributed by atoms with Gasteiger partial charge in [0.25, 0.3) is 4.84 Å². The summed E-state index contributed by atoms with van der Waals surface area (Å²) in [6.45, 7) is 1.39. The van der Waals surface area contributed by atoms with E-state index in [1.54, 1.807) is 23.1 Å². The first-order valence-corrected chi connectivity index (χ1v) is 9.22. The van der Waals surface area contributed by atoms with Crippen LogP contribution < -0.4 is 4.74 Å². The van der Waals surface area contributed by atoms with Crippen molar-refractivity contribution in [1.29, 1.82) is 0 Å². The first-order chi connectivity index (χ1) is 11.5. The standard InChI is InChI=1S/C16H16BrN3O2S2/c1-19(9-13-7-8-14(17)24-13)10-20-16(23)22-15(18-20)11-3-5-12(21-2)6-4-11/h3-8H,9-10H2,1-2H3. The zero-order valence-electron chi connectivity index (χ0n) is 13.2. The monoisotopic (exact) mass is 425 g/mol. The highest BCUT2D eigenvalue weighted by Gasteiger charge is 2.11. The molecule has 126 valence electrons. The summed E-state index contributed by atoms with van der Waals surface area (Å²) in [6.07, 6.45) is 0. The Kier molecular flexibility index (Phi) is 5.50. The van der Waals surface area contributed by atoms with Gasteiger partial charge in [0.05, 0.1) is 17.6 Å². The molecule has 3 aromatic rings. The molecule has 2 heterocycles. The van der Waals surface area contributed by atoms with Gasteiger partial charge in [0.1, 0.15) is 5.75 Å². The van der Waals surface area contributed by atoms with Gasteiger partial charge < -0.3 is 9.15 Å². The molecule has 3 rings (SSSR count). The number of nitrogens with zero attached hydrogens (tertiary/aromatic N) is 3. The Morgan fingerprint density at radius 2 is 2.04 bits per heavy atom. The summed E-state index contributed by atoms with van der Waals surface area (Å²) in [7, 11) is 3.66. The van der Waals surface area contributed by atoms with Crippen LogP contribution in [0.15, 0.2) is 44.6 Å². The molecule has 5 nitrogen and oxygen atoms in total. The van der Waals surface area contributed by atoms with Crippen molar-refractivity contribution in [3.05, 3.63) is 49.9 Å². The number of hydrogen-bond acceptors (Lipinski definition) is 6. The fourth-order valence-electron chi connectivity index (χ4n) is 2.23. The first kappa shape index (κ1) is 17.3. The number of benzene rings is 1. The summed E-state index contributed by atoms with van der Waals surface area (Å²) < 4.78 is 13.6. The van der Waals surface area contributed by atoms with Crippen LogP contribution in [-0.2, 0) is 13.2 Å². The maximum Gasteiger partial charge on any atom is 0.288 e. The van der Waals surface area contributed by atoms with Gasteiger partial charge in [-0.15, -0.1) is 16.4 Å². The van der Waals surface area contributed by atoms with Crippen molar-refractivity contribution in [3.63, 3.8) is 0 Å². The van der Waals surface area contributed by atoms with E-state index < -0.39 is 0 Å². The average molecular weight is 426 g/mol. The summed E-state index contributed by atoms with van der Waals surface area (Å²) in [4.78, 5) is 3.77. The van der Waals surface area contributed by atoms with E-state index in [4.69, 9.17) is 21.4 Å². The molecule has 0 amide bonds. The van der Waals surface area contributed by atoms with Gasteiger partial charge in [0.2, 0.25) is 5.89 Å². The molecule has 0 aliphatic rings. The minimum absolute atomic E-state index is 0.361. The van der Waals surface area contributed by atoms with E-state index in [-0.39, 0.29) is 0 Å². The third-order valence-electron chi connectivity index (χ3n) is 3.37. The van der Waals surface area contributed by atoms with Crippen molar-refractivity contribution in [2.45, 2.75) is 13.2 Å². The normalized spacial score (nSPS) is 11.2. The number of thiophene rings is 1. The van der Waals surface area contributed by atoms with E-state index in [1.807, 2.05) is 31.3 Å². The molecule has 0 bridgehead atoms. The van der Waals surface area contributed by atoms with Gasteiger partial charge >= 0.3 is 0 Å². The Morgan fingerprint density at radius 1 is 1.29 bits per heavy atom. The van der Waals surface area contributed by atoms with Crippen molar-refractivity contribution >= 4 is 39.5 Å². The maximum absolute atomic E-state index is 5.62. The van der Waals surface area contributed by atoms with E-state index in [0.717, 1.165) is 21.6 Å². The molecule has 0 atom stereocenters. The van der Waals surface area contributed by atoms with Gasteiger partial charge in [-0.3, -0.25) is 4.90 Å². The van der Waals surface area contributed by atoms with Gasteiger partial charge in [-0.05, 0) is 71.6 Å². The number of aromatic nitrogens is 2. The van der Waals surface area contributed by atoms with Crippen LogP contribution >= 0.6 is 39.5 Å². The Hall–Kier alpha value is -1.48. The van der Waals surface area contributed by atoms with Crippen LogP contribution in [0.4, 0.5) is 0 Å². The van der Waals surface area contributed by atoms with E-state index >= 15 is 0 Å². The third-order valence-corrected chi connectivity index (χ3v) is 5.28. The lowest BCUT2D eigenvalue weighted by Gasteiger charge is -2.14. The van der Waals surface area contributed by atoms with Crippen LogP contribution in [0.1, 0.15) is 4.88 Å². The lowest BCUT2D eigenvalue weighted by molar-refractivity contribution is 0.242. The number of hydrogen-bond donors (Lipinski definition) is 0. The fraction of sp³-hybridized carbons (Fsp3) is 0.250. The Balaban J connectivity index is 1.72. The molecule has 1 aromatic carbocycles. The predicted molar refractivity (Wildman–Crippen MR) is 101 cm³/mol. The Bertz CT molecular complexity index is 870. The molecule has 0 aliphatic heterocycles. The van der Waals surface area contributed by atoms with Crippen LogP contribution in [0.25, 0.3) is 11.5 Å². The van der Waals surface area contributed by atoms with Gasteiger partial charge in [0.15, 0.2) is 0 Å². The van der Waals surface area contributed by atoms with Crippen molar-refractivity contribution < 1.29 is 9.15 Å². The topological polar surface area (TPSA) is 43.4 Å². The second kappa shape index (κ2) is 7.60. The molecular formula is C16H16BrN3O2S2. The Morgan fingerprint density at radius 3 is 2.67 bits per heavy atom. The quantitative estimate of drug-likeness (QED) is 0.530. The van der Waals surface area contributed by atoms with Crippen LogP contribution in [-0.4, -0.2) is 28.8 Å². The molecular weight excluding hydrogens is 410 g/mol. The molecule has 0 spiro atoms. The van der Waals surface area contributed by atoms with Crippen molar-refractivity contribution in [1.82, 2.24) is 14.7 Å². The van der Waals surface area contributed by atoms with Gasteiger partial charge in [-0.1, -0.05) is 0 Å². The SMILES string of the molecule is COc1ccc(-c2nn(CN(C)Cc3ccc(Br)s3)c(=S)o2)cc1. The summed E-state index contributed by atoms with van der Waals surface area (Å²) in [5.41, 5.74) is 0.866. The van der Waals surface area contributed by atoms with Crippen LogP contribution in [0.2, 0.25) is 0 Å². The van der Waals surface area contributed by atoms with Crippen molar-refractivity contribution in [2.75, 3.05) is 14.2 Å². The smallest absolute Gasteiger partial charge is 0.288 e. The first-order valence-electron chi connectivity index (χ1n) is 7.20. The van der Waals surface area contributed by atoms with Crippen molar-refractivity contribution in [3.8, 4) is 17.2 Å². The molecule has 8 heteroatoms. The van der Waals surface area contributed by atoms with Gasteiger partial charge in [-0.2, -0.15) is 0 Å². The average Bonchev–Trinajstić information content (AvgIpc) is 3.13. The second-order valence-electron chi connectivity index (χ2n) is 5.26. The lowest BCUT2D eigenvalue weighted by Crippen LogP contribution is -2.22. The summed E-state index contributed by atoms with van der Waals surface area (Å²) in [5.74, 6) is 1.30. The minimum atomic E-state index is 0.361. The van der Waals surface area contributed by atoms with E-state index in [9.17, 15) is 0 Å².